The monoisotopic (exact) mass is 509 g/mol. The lowest BCUT2D eigenvalue weighted by molar-refractivity contribution is -0.142. The van der Waals surface area contributed by atoms with Gasteiger partial charge < -0.3 is 36.9 Å². The first-order valence-electron chi connectivity index (χ1n) is 11.8. The van der Waals surface area contributed by atoms with Gasteiger partial charge >= 0.3 is 5.97 Å². The van der Waals surface area contributed by atoms with Crippen LogP contribution in [0.15, 0.2) is 60.8 Å². The fourth-order valence-electron chi connectivity index (χ4n) is 3.95. The van der Waals surface area contributed by atoms with E-state index < -0.39 is 54.5 Å². The zero-order chi connectivity index (χ0) is 26.9. The van der Waals surface area contributed by atoms with Crippen molar-refractivity contribution in [3.63, 3.8) is 0 Å². The van der Waals surface area contributed by atoms with Gasteiger partial charge in [0.15, 0.2) is 0 Å². The molecule has 0 saturated carbocycles. The topological polar surface area (TPSA) is 187 Å². The Hall–Kier alpha value is -4.22. The van der Waals surface area contributed by atoms with Gasteiger partial charge in [-0.05, 0) is 24.1 Å². The number of carbonyl (C=O) groups excluding carboxylic acids is 3. The van der Waals surface area contributed by atoms with Crippen molar-refractivity contribution in [2.75, 3.05) is 6.54 Å². The largest absolute Gasteiger partial charge is 0.480 e. The van der Waals surface area contributed by atoms with Gasteiger partial charge in [-0.25, -0.2) is 4.79 Å². The number of carboxylic acid groups (broad SMARTS) is 1. The number of hydrogen-bond donors (Lipinski definition) is 7. The highest BCUT2D eigenvalue weighted by Crippen LogP contribution is 2.19. The second kappa shape index (κ2) is 12.7. The molecule has 3 rings (SSSR count). The number of carboxylic acids is 1. The Morgan fingerprint density at radius 1 is 0.892 bits per heavy atom. The maximum Gasteiger partial charge on any atom is 0.326 e. The second-order valence-corrected chi connectivity index (χ2v) is 8.70. The molecule has 2 aromatic carbocycles. The predicted octanol–water partition coefficient (Wildman–Crippen LogP) is -0.168. The second-order valence-electron chi connectivity index (χ2n) is 8.70. The Bertz CT molecular complexity index is 1240. The van der Waals surface area contributed by atoms with Crippen molar-refractivity contribution in [3.05, 3.63) is 71.9 Å². The number of amides is 3. The van der Waals surface area contributed by atoms with Gasteiger partial charge in [0, 0.05) is 29.9 Å². The van der Waals surface area contributed by atoms with Crippen LogP contribution < -0.4 is 21.7 Å². The molecule has 1 aromatic heterocycles. The predicted molar refractivity (Wildman–Crippen MR) is 136 cm³/mol. The van der Waals surface area contributed by atoms with E-state index >= 15 is 0 Å². The Morgan fingerprint density at radius 2 is 1.54 bits per heavy atom. The zero-order valence-corrected chi connectivity index (χ0v) is 20.3. The third-order valence-corrected chi connectivity index (χ3v) is 5.90. The summed E-state index contributed by atoms with van der Waals surface area (Å²) in [5.41, 5.74) is 7.56. The molecule has 3 amide bonds. The van der Waals surface area contributed by atoms with Gasteiger partial charge in [0.2, 0.25) is 17.7 Å². The van der Waals surface area contributed by atoms with E-state index in [-0.39, 0.29) is 12.8 Å². The average molecular weight is 510 g/mol. The van der Waals surface area contributed by atoms with Crippen LogP contribution in [0.5, 0.6) is 0 Å². The number of aliphatic hydroxyl groups is 1. The molecule has 11 heteroatoms. The molecule has 0 saturated heterocycles. The van der Waals surface area contributed by atoms with E-state index in [1.54, 1.807) is 36.5 Å². The minimum absolute atomic E-state index is 0.0138. The average Bonchev–Trinajstić information content (AvgIpc) is 3.29. The molecule has 0 fully saturated rings. The minimum Gasteiger partial charge on any atom is -0.480 e. The maximum atomic E-state index is 13.3. The van der Waals surface area contributed by atoms with E-state index in [1.165, 1.54) is 6.92 Å². The van der Waals surface area contributed by atoms with Gasteiger partial charge in [-0.1, -0.05) is 48.5 Å². The lowest BCUT2D eigenvalue weighted by Gasteiger charge is -2.25. The molecule has 0 aliphatic carbocycles. The SMILES string of the molecule is CC(O)C(NC(=O)CN)C(=O)NC(Cc1ccccc1)C(=O)NC(Cc1c[nH]c2ccccc12)C(=O)O. The summed E-state index contributed by atoms with van der Waals surface area (Å²) in [4.78, 5) is 53.1. The highest BCUT2D eigenvalue weighted by Gasteiger charge is 2.31. The molecule has 0 spiro atoms. The molecular weight excluding hydrogens is 478 g/mol. The molecular formula is C26H31N5O6. The molecule has 3 aromatic rings. The standard InChI is InChI=1S/C26H31N5O6/c1-15(32)23(31-22(33)13-27)25(35)29-20(11-16-7-3-2-4-8-16)24(34)30-21(26(36)37)12-17-14-28-19-10-6-5-9-18(17)19/h2-10,14-15,20-21,23,28,32H,11-13,27H2,1H3,(H,29,35)(H,30,34)(H,31,33)(H,36,37). The quantitative estimate of drug-likeness (QED) is 0.177. The molecule has 11 nitrogen and oxygen atoms in total. The lowest BCUT2D eigenvalue weighted by Crippen LogP contribution is -2.59. The first-order chi connectivity index (χ1) is 17.7. The van der Waals surface area contributed by atoms with Gasteiger partial charge in [0.1, 0.15) is 18.1 Å². The van der Waals surface area contributed by atoms with Gasteiger partial charge in [-0.3, -0.25) is 14.4 Å². The number of hydrogen-bond acceptors (Lipinski definition) is 6. The number of nitrogens with one attached hydrogen (secondary N) is 4. The van der Waals surface area contributed by atoms with Crippen LogP contribution in [0.25, 0.3) is 10.9 Å². The van der Waals surface area contributed by atoms with Crippen molar-refractivity contribution >= 4 is 34.6 Å². The van der Waals surface area contributed by atoms with Crippen molar-refractivity contribution in [1.82, 2.24) is 20.9 Å². The van der Waals surface area contributed by atoms with E-state index in [9.17, 15) is 29.4 Å². The summed E-state index contributed by atoms with van der Waals surface area (Å²) in [7, 11) is 0. The van der Waals surface area contributed by atoms with Crippen molar-refractivity contribution < 1.29 is 29.4 Å². The molecule has 0 radical (unpaired) electrons. The summed E-state index contributed by atoms with van der Waals surface area (Å²) >= 11 is 0. The maximum absolute atomic E-state index is 13.3. The zero-order valence-electron chi connectivity index (χ0n) is 20.3. The number of nitrogens with two attached hydrogens (primary N) is 1. The smallest absolute Gasteiger partial charge is 0.326 e. The van der Waals surface area contributed by atoms with Crippen molar-refractivity contribution in [3.8, 4) is 0 Å². The molecule has 196 valence electrons. The number of rotatable bonds is 12. The number of fused-ring (bicyclic) bond motifs is 1. The molecule has 4 atom stereocenters. The van der Waals surface area contributed by atoms with Crippen molar-refractivity contribution in [1.29, 1.82) is 0 Å². The van der Waals surface area contributed by atoms with E-state index in [1.807, 2.05) is 24.3 Å². The summed E-state index contributed by atoms with van der Waals surface area (Å²) in [6.07, 6.45) is 0.489. The number of aromatic amines is 1. The van der Waals surface area contributed by atoms with Gasteiger partial charge in [-0.15, -0.1) is 0 Å². The fraction of sp³-hybridized carbons (Fsp3) is 0.308. The molecule has 37 heavy (non-hydrogen) atoms. The molecule has 0 aliphatic rings. The van der Waals surface area contributed by atoms with Gasteiger partial charge in [0.05, 0.1) is 12.6 Å². The highest BCUT2D eigenvalue weighted by molar-refractivity contribution is 5.94. The first-order valence-corrected chi connectivity index (χ1v) is 11.8. The number of H-pyrrole nitrogens is 1. The summed E-state index contributed by atoms with van der Waals surface area (Å²) in [6.45, 7) is 0.924. The third kappa shape index (κ3) is 7.38. The van der Waals surface area contributed by atoms with Crippen LogP contribution >= 0.6 is 0 Å². The van der Waals surface area contributed by atoms with Gasteiger partial charge in [-0.2, -0.15) is 0 Å². The lowest BCUT2D eigenvalue weighted by atomic mass is 10.0. The minimum atomic E-state index is -1.36. The van der Waals surface area contributed by atoms with Crippen LogP contribution in [-0.4, -0.2) is 69.7 Å². The fourth-order valence-corrected chi connectivity index (χ4v) is 3.95. The Balaban J connectivity index is 1.81. The first kappa shape index (κ1) is 27.4. The number of benzene rings is 2. The highest BCUT2D eigenvalue weighted by atomic mass is 16.4. The van der Waals surface area contributed by atoms with Gasteiger partial charge in [0.25, 0.3) is 0 Å². The van der Waals surface area contributed by atoms with Crippen molar-refractivity contribution in [2.24, 2.45) is 5.73 Å². The normalized spacial score (nSPS) is 14.2. The molecule has 8 N–H and O–H groups in total. The summed E-state index contributed by atoms with van der Waals surface area (Å²) in [5.74, 6) is -3.43. The van der Waals surface area contributed by atoms with E-state index in [4.69, 9.17) is 5.73 Å². The molecule has 0 aliphatic heterocycles. The Kier molecular flexibility index (Phi) is 9.36. The number of para-hydroxylation sites is 1. The number of aliphatic hydroxyl groups excluding tert-OH is 1. The van der Waals surface area contributed by atoms with Crippen LogP contribution in [0.1, 0.15) is 18.1 Å². The number of aromatic nitrogens is 1. The van der Waals surface area contributed by atoms with Crippen LogP contribution in [0.4, 0.5) is 0 Å². The van der Waals surface area contributed by atoms with E-state index in [0.29, 0.717) is 11.1 Å². The molecule has 0 bridgehead atoms. The van der Waals surface area contributed by atoms with Crippen LogP contribution in [0.3, 0.4) is 0 Å². The van der Waals surface area contributed by atoms with Crippen molar-refractivity contribution in [2.45, 2.75) is 44.0 Å². The number of aliphatic carboxylic acids is 1. The number of carbonyl (C=O) groups is 4. The molecule has 1 heterocycles. The summed E-state index contributed by atoms with van der Waals surface area (Å²) in [6, 6.07) is 12.4. The summed E-state index contributed by atoms with van der Waals surface area (Å²) in [5, 5.41) is 28.1. The Labute approximate surface area is 213 Å². The third-order valence-electron chi connectivity index (χ3n) is 5.90. The molecule has 4 unspecified atom stereocenters. The van der Waals surface area contributed by atoms with E-state index in [2.05, 4.69) is 20.9 Å². The van der Waals surface area contributed by atoms with E-state index in [0.717, 1.165) is 10.9 Å². The summed E-state index contributed by atoms with van der Waals surface area (Å²) < 4.78 is 0. The Morgan fingerprint density at radius 3 is 2.19 bits per heavy atom. The van der Waals surface area contributed by atoms with Crippen LogP contribution in [0.2, 0.25) is 0 Å². The van der Waals surface area contributed by atoms with Crippen LogP contribution in [0, 0.1) is 0 Å². The van der Waals surface area contributed by atoms with Crippen LogP contribution in [-0.2, 0) is 32.0 Å².